The molecule has 1 rings (SSSR count). The van der Waals surface area contributed by atoms with Gasteiger partial charge in [-0.15, -0.1) is 0 Å². The third kappa shape index (κ3) is 5.44. The molecule has 0 aliphatic rings. The van der Waals surface area contributed by atoms with Gasteiger partial charge in [-0.1, -0.05) is 18.2 Å². The lowest BCUT2D eigenvalue weighted by atomic mass is 10.1. The molecule has 96 valence electrons. The maximum absolute atomic E-state index is 9.80. The summed E-state index contributed by atoms with van der Waals surface area (Å²) in [6.45, 7) is 3.80. The second-order valence-electron chi connectivity index (χ2n) is 3.95. The van der Waals surface area contributed by atoms with E-state index in [4.69, 9.17) is 5.11 Å². The van der Waals surface area contributed by atoms with Crippen molar-refractivity contribution in [2.45, 2.75) is 19.9 Å². The zero-order valence-electron chi connectivity index (χ0n) is 10.3. The van der Waals surface area contributed by atoms with Crippen LogP contribution in [0.15, 0.2) is 18.2 Å². The first-order chi connectivity index (χ1) is 8.25. The van der Waals surface area contributed by atoms with Crippen molar-refractivity contribution in [3.8, 4) is 5.75 Å². The fraction of sp³-hybridized carbons (Fsp3) is 0.538. The summed E-state index contributed by atoms with van der Waals surface area (Å²) in [7, 11) is 0. The number of para-hydroxylation sites is 1. The number of aliphatic hydroxyl groups is 1. The van der Waals surface area contributed by atoms with E-state index in [2.05, 4.69) is 5.32 Å². The van der Waals surface area contributed by atoms with Gasteiger partial charge in [-0.3, -0.25) is 0 Å². The Morgan fingerprint density at radius 3 is 2.88 bits per heavy atom. The van der Waals surface area contributed by atoms with Crippen LogP contribution in [0.4, 0.5) is 0 Å². The Kier molecular flexibility index (Phi) is 7.08. The Labute approximate surface area is 107 Å². The van der Waals surface area contributed by atoms with Crippen molar-refractivity contribution in [1.29, 1.82) is 0 Å². The standard InChI is InChI=1S/C13H21NO2S/c1-11-4-2-5-12(13(11)16)10-14-6-9-17-8-3-7-15/h2,4-5,14-16H,3,6-10H2,1H3. The van der Waals surface area contributed by atoms with Crippen molar-refractivity contribution >= 4 is 11.8 Å². The minimum Gasteiger partial charge on any atom is -0.507 e. The van der Waals surface area contributed by atoms with Crippen LogP contribution in [0, 0.1) is 6.92 Å². The van der Waals surface area contributed by atoms with E-state index in [9.17, 15) is 5.11 Å². The number of rotatable bonds is 8. The van der Waals surface area contributed by atoms with Gasteiger partial charge in [-0.05, 0) is 24.7 Å². The van der Waals surface area contributed by atoms with Crippen molar-refractivity contribution in [2.24, 2.45) is 0 Å². The van der Waals surface area contributed by atoms with Gasteiger partial charge in [0.15, 0.2) is 0 Å². The number of hydrogen-bond acceptors (Lipinski definition) is 4. The molecule has 0 heterocycles. The van der Waals surface area contributed by atoms with E-state index in [-0.39, 0.29) is 6.61 Å². The van der Waals surface area contributed by atoms with Gasteiger partial charge in [0, 0.05) is 31.0 Å². The summed E-state index contributed by atoms with van der Waals surface area (Å²) in [4.78, 5) is 0. The van der Waals surface area contributed by atoms with Crippen LogP contribution >= 0.6 is 11.8 Å². The van der Waals surface area contributed by atoms with Crippen LogP contribution in [-0.2, 0) is 6.54 Å². The first-order valence-corrected chi connectivity index (χ1v) is 7.08. The zero-order chi connectivity index (χ0) is 12.5. The number of aryl methyl sites for hydroxylation is 1. The van der Waals surface area contributed by atoms with Crippen LogP contribution in [0.3, 0.4) is 0 Å². The zero-order valence-corrected chi connectivity index (χ0v) is 11.1. The highest BCUT2D eigenvalue weighted by atomic mass is 32.2. The molecule has 0 bridgehead atoms. The van der Waals surface area contributed by atoms with E-state index in [1.807, 2.05) is 36.9 Å². The highest BCUT2D eigenvalue weighted by Gasteiger charge is 2.02. The molecule has 0 spiro atoms. The van der Waals surface area contributed by atoms with Gasteiger partial charge in [-0.25, -0.2) is 0 Å². The van der Waals surface area contributed by atoms with Gasteiger partial charge in [0.25, 0.3) is 0 Å². The molecule has 0 saturated heterocycles. The van der Waals surface area contributed by atoms with E-state index in [0.29, 0.717) is 12.3 Å². The quantitative estimate of drug-likeness (QED) is 0.621. The molecule has 3 nitrogen and oxygen atoms in total. The first-order valence-electron chi connectivity index (χ1n) is 5.92. The van der Waals surface area contributed by atoms with Crippen molar-refractivity contribution < 1.29 is 10.2 Å². The number of aromatic hydroxyl groups is 1. The first kappa shape index (κ1) is 14.4. The largest absolute Gasteiger partial charge is 0.507 e. The molecule has 0 radical (unpaired) electrons. The number of hydrogen-bond donors (Lipinski definition) is 3. The van der Waals surface area contributed by atoms with E-state index in [1.54, 1.807) is 0 Å². The van der Waals surface area contributed by atoms with Crippen molar-refractivity contribution in [3.05, 3.63) is 29.3 Å². The summed E-state index contributed by atoms with van der Waals surface area (Å²) in [5, 5.41) is 21.7. The monoisotopic (exact) mass is 255 g/mol. The molecule has 0 atom stereocenters. The molecule has 17 heavy (non-hydrogen) atoms. The molecule has 0 fully saturated rings. The van der Waals surface area contributed by atoms with Crippen LogP contribution in [0.5, 0.6) is 5.75 Å². The van der Waals surface area contributed by atoms with Crippen LogP contribution in [0.1, 0.15) is 17.5 Å². The predicted molar refractivity (Wildman–Crippen MR) is 73.6 cm³/mol. The fourth-order valence-corrected chi connectivity index (χ4v) is 2.32. The van der Waals surface area contributed by atoms with Gasteiger partial charge >= 0.3 is 0 Å². The maximum Gasteiger partial charge on any atom is 0.122 e. The smallest absolute Gasteiger partial charge is 0.122 e. The summed E-state index contributed by atoms with van der Waals surface area (Å²) in [6.07, 6.45) is 0.864. The molecule has 0 aromatic heterocycles. The lowest BCUT2D eigenvalue weighted by Gasteiger charge is -2.08. The van der Waals surface area contributed by atoms with Crippen molar-refractivity contribution in [3.63, 3.8) is 0 Å². The number of benzene rings is 1. The number of phenols is 1. The van der Waals surface area contributed by atoms with Gasteiger partial charge < -0.3 is 15.5 Å². The maximum atomic E-state index is 9.80. The number of nitrogens with one attached hydrogen (secondary N) is 1. The lowest BCUT2D eigenvalue weighted by molar-refractivity contribution is 0.296. The average molecular weight is 255 g/mol. The number of phenolic OH excluding ortho intramolecular Hbond substituents is 1. The second kappa shape index (κ2) is 8.39. The van der Waals surface area contributed by atoms with Crippen LogP contribution in [0.25, 0.3) is 0 Å². The molecule has 1 aromatic carbocycles. The van der Waals surface area contributed by atoms with Crippen LogP contribution in [0.2, 0.25) is 0 Å². The van der Waals surface area contributed by atoms with E-state index in [0.717, 1.165) is 35.6 Å². The molecule has 0 aliphatic heterocycles. The van der Waals surface area contributed by atoms with Gasteiger partial charge in [0.05, 0.1) is 0 Å². The molecular weight excluding hydrogens is 234 g/mol. The summed E-state index contributed by atoms with van der Waals surface area (Å²) in [5.41, 5.74) is 1.87. The Balaban J connectivity index is 2.16. The topological polar surface area (TPSA) is 52.5 Å². The van der Waals surface area contributed by atoms with Crippen LogP contribution in [-0.4, -0.2) is 34.9 Å². The lowest BCUT2D eigenvalue weighted by Crippen LogP contribution is -2.17. The SMILES string of the molecule is Cc1cccc(CNCCSCCCO)c1O. The molecule has 4 heteroatoms. The molecule has 3 N–H and O–H groups in total. The number of thioether (sulfide) groups is 1. The molecule has 0 aliphatic carbocycles. The minimum absolute atomic E-state index is 0.275. The van der Waals surface area contributed by atoms with Gasteiger partial charge in [0.2, 0.25) is 0 Å². The summed E-state index contributed by atoms with van der Waals surface area (Å²) in [6, 6.07) is 5.81. The Morgan fingerprint density at radius 1 is 1.29 bits per heavy atom. The highest BCUT2D eigenvalue weighted by Crippen LogP contribution is 2.20. The summed E-state index contributed by atoms with van der Waals surface area (Å²) in [5.74, 6) is 2.44. The molecular formula is C13H21NO2S. The van der Waals surface area contributed by atoms with Crippen molar-refractivity contribution in [2.75, 3.05) is 24.7 Å². The van der Waals surface area contributed by atoms with E-state index >= 15 is 0 Å². The Morgan fingerprint density at radius 2 is 2.12 bits per heavy atom. The Bertz CT molecular complexity index is 331. The summed E-state index contributed by atoms with van der Waals surface area (Å²) < 4.78 is 0. The van der Waals surface area contributed by atoms with E-state index in [1.165, 1.54) is 0 Å². The normalized spacial score (nSPS) is 10.7. The average Bonchev–Trinajstić information content (AvgIpc) is 2.33. The van der Waals surface area contributed by atoms with Crippen LogP contribution < -0.4 is 5.32 Å². The third-order valence-electron chi connectivity index (χ3n) is 2.51. The number of aliphatic hydroxyl groups excluding tert-OH is 1. The molecule has 0 unspecified atom stereocenters. The highest BCUT2D eigenvalue weighted by molar-refractivity contribution is 7.99. The molecule has 1 aromatic rings. The third-order valence-corrected chi connectivity index (χ3v) is 3.58. The van der Waals surface area contributed by atoms with Gasteiger partial charge in [-0.2, -0.15) is 11.8 Å². The fourth-order valence-electron chi connectivity index (χ4n) is 1.50. The summed E-state index contributed by atoms with van der Waals surface area (Å²) >= 11 is 1.84. The van der Waals surface area contributed by atoms with Crippen molar-refractivity contribution in [1.82, 2.24) is 5.32 Å². The Hall–Kier alpha value is -0.710. The van der Waals surface area contributed by atoms with Gasteiger partial charge in [0.1, 0.15) is 5.75 Å². The second-order valence-corrected chi connectivity index (χ2v) is 5.17. The predicted octanol–water partition coefficient (Wildman–Crippen LogP) is 1.91. The molecule has 0 saturated carbocycles. The molecule has 0 amide bonds. The van der Waals surface area contributed by atoms with E-state index < -0.39 is 0 Å². The minimum atomic E-state index is 0.275.